The molecule has 166 valence electrons. The van der Waals surface area contributed by atoms with E-state index in [2.05, 4.69) is 0 Å². The standard InChI is InChI=1S/C20H26O10/c1-20(2)18(29-19-16(26)15(25)13(23)10(7-21)27-19)14(24)12-9(30-20)5-3-8-4-6-11(22)28-17(8)12/h3-6,8,10,13-19,21,23-26H,7H2,1-2H3/t8-,10+,13+,14-,15-,16+,17+,18+,19-/m0/s1. The van der Waals surface area contributed by atoms with E-state index in [9.17, 15) is 30.3 Å². The molecule has 3 aliphatic heterocycles. The molecule has 0 aromatic heterocycles. The number of aliphatic hydroxyl groups is 5. The van der Waals surface area contributed by atoms with Gasteiger partial charge in [-0.2, -0.15) is 0 Å². The van der Waals surface area contributed by atoms with Gasteiger partial charge >= 0.3 is 5.97 Å². The summed E-state index contributed by atoms with van der Waals surface area (Å²) < 4.78 is 22.7. The van der Waals surface area contributed by atoms with E-state index >= 15 is 0 Å². The number of esters is 1. The van der Waals surface area contributed by atoms with E-state index in [-0.39, 0.29) is 5.92 Å². The summed E-state index contributed by atoms with van der Waals surface area (Å²) >= 11 is 0. The highest BCUT2D eigenvalue weighted by Crippen LogP contribution is 2.43. The average Bonchev–Trinajstić information content (AvgIpc) is 2.69. The van der Waals surface area contributed by atoms with Gasteiger partial charge in [0, 0.05) is 17.6 Å². The van der Waals surface area contributed by atoms with Crippen LogP contribution in [-0.2, 0) is 23.7 Å². The molecule has 1 fully saturated rings. The van der Waals surface area contributed by atoms with E-state index < -0.39 is 67.2 Å². The Balaban J connectivity index is 1.61. The number of hydrogen-bond acceptors (Lipinski definition) is 10. The van der Waals surface area contributed by atoms with Crippen LogP contribution in [0.2, 0.25) is 0 Å². The Bertz CT molecular complexity index is 784. The number of rotatable bonds is 3. The Kier molecular flexibility index (Phi) is 5.52. The van der Waals surface area contributed by atoms with Crippen molar-refractivity contribution in [3.8, 4) is 0 Å². The molecule has 0 saturated carbocycles. The fourth-order valence-corrected chi connectivity index (χ4v) is 4.26. The zero-order chi connectivity index (χ0) is 21.8. The van der Waals surface area contributed by atoms with Gasteiger partial charge in [0.25, 0.3) is 0 Å². The number of carbonyl (C=O) groups is 1. The number of fused-ring (bicyclic) bond motifs is 2. The zero-order valence-electron chi connectivity index (χ0n) is 16.5. The highest BCUT2D eigenvalue weighted by Gasteiger charge is 2.53. The maximum Gasteiger partial charge on any atom is 0.331 e. The predicted molar refractivity (Wildman–Crippen MR) is 98.5 cm³/mol. The Hall–Kier alpha value is -1.79. The van der Waals surface area contributed by atoms with Crippen LogP contribution in [0.5, 0.6) is 0 Å². The molecular formula is C20H26O10. The first-order chi connectivity index (χ1) is 14.1. The molecule has 5 N–H and O–H groups in total. The van der Waals surface area contributed by atoms with Crippen molar-refractivity contribution in [3.05, 3.63) is 35.6 Å². The second-order valence-corrected chi connectivity index (χ2v) is 8.38. The van der Waals surface area contributed by atoms with Gasteiger partial charge in [0.1, 0.15) is 54.1 Å². The summed E-state index contributed by atoms with van der Waals surface area (Å²) in [6.45, 7) is 2.73. The van der Waals surface area contributed by atoms with Crippen molar-refractivity contribution in [2.45, 2.75) is 68.5 Å². The minimum Gasteiger partial charge on any atom is -0.485 e. The van der Waals surface area contributed by atoms with Crippen LogP contribution in [0, 0.1) is 5.92 Å². The molecule has 0 radical (unpaired) electrons. The molecule has 10 nitrogen and oxygen atoms in total. The Morgan fingerprint density at radius 1 is 1.07 bits per heavy atom. The van der Waals surface area contributed by atoms with E-state index in [1.807, 2.05) is 6.08 Å². The van der Waals surface area contributed by atoms with Crippen molar-refractivity contribution >= 4 is 5.97 Å². The monoisotopic (exact) mass is 426 g/mol. The molecular weight excluding hydrogens is 400 g/mol. The first-order valence-corrected chi connectivity index (χ1v) is 9.78. The third-order valence-corrected chi connectivity index (χ3v) is 5.90. The number of allylic oxidation sites excluding steroid dienone is 1. The van der Waals surface area contributed by atoms with Gasteiger partial charge < -0.3 is 44.5 Å². The first-order valence-electron chi connectivity index (χ1n) is 9.78. The van der Waals surface area contributed by atoms with Crippen molar-refractivity contribution in [2.75, 3.05) is 6.61 Å². The quantitative estimate of drug-likeness (QED) is 0.329. The minimum atomic E-state index is -1.63. The first kappa shape index (κ1) is 21.4. The lowest BCUT2D eigenvalue weighted by molar-refractivity contribution is -0.331. The molecule has 9 atom stereocenters. The van der Waals surface area contributed by atoms with Crippen LogP contribution in [0.25, 0.3) is 0 Å². The summed E-state index contributed by atoms with van der Waals surface area (Å²) in [6, 6.07) is 0. The van der Waals surface area contributed by atoms with Crippen molar-refractivity contribution in [1.82, 2.24) is 0 Å². The largest absolute Gasteiger partial charge is 0.485 e. The molecule has 1 aliphatic carbocycles. The van der Waals surface area contributed by atoms with Gasteiger partial charge in [-0.3, -0.25) is 0 Å². The molecule has 0 amide bonds. The van der Waals surface area contributed by atoms with Crippen LogP contribution < -0.4 is 0 Å². The van der Waals surface area contributed by atoms with E-state index in [1.54, 1.807) is 26.0 Å². The van der Waals surface area contributed by atoms with Crippen molar-refractivity contribution in [3.63, 3.8) is 0 Å². The lowest BCUT2D eigenvalue weighted by atomic mass is 9.79. The summed E-state index contributed by atoms with van der Waals surface area (Å²) in [5.41, 5.74) is -0.767. The predicted octanol–water partition coefficient (Wildman–Crippen LogP) is -1.74. The normalized spacial score (nSPS) is 44.8. The van der Waals surface area contributed by atoms with Crippen molar-refractivity contribution in [1.29, 1.82) is 0 Å². The van der Waals surface area contributed by atoms with Crippen LogP contribution in [0.3, 0.4) is 0 Å². The third kappa shape index (κ3) is 3.48. The van der Waals surface area contributed by atoms with Crippen LogP contribution in [0.15, 0.2) is 35.6 Å². The molecule has 4 aliphatic rings. The highest BCUT2D eigenvalue weighted by atomic mass is 16.7. The van der Waals surface area contributed by atoms with Crippen molar-refractivity contribution < 1.29 is 49.3 Å². The fourth-order valence-electron chi connectivity index (χ4n) is 4.26. The van der Waals surface area contributed by atoms with Crippen molar-refractivity contribution in [2.24, 2.45) is 5.92 Å². The Morgan fingerprint density at radius 3 is 2.47 bits per heavy atom. The molecule has 1 saturated heterocycles. The van der Waals surface area contributed by atoms with Gasteiger partial charge in [-0.15, -0.1) is 0 Å². The van der Waals surface area contributed by atoms with E-state index in [4.69, 9.17) is 18.9 Å². The van der Waals surface area contributed by atoms with Crippen LogP contribution >= 0.6 is 0 Å². The van der Waals surface area contributed by atoms with Crippen LogP contribution in [0.1, 0.15) is 13.8 Å². The molecule has 0 aromatic carbocycles. The van der Waals surface area contributed by atoms with E-state index in [0.29, 0.717) is 11.3 Å². The van der Waals surface area contributed by atoms with Crippen LogP contribution in [0.4, 0.5) is 0 Å². The van der Waals surface area contributed by atoms with Gasteiger partial charge in [0.05, 0.1) is 6.61 Å². The van der Waals surface area contributed by atoms with E-state index in [0.717, 1.165) is 0 Å². The van der Waals surface area contributed by atoms with Gasteiger partial charge in [-0.25, -0.2) is 4.79 Å². The molecule has 10 heteroatoms. The maximum atomic E-state index is 11.8. The lowest BCUT2D eigenvalue weighted by Gasteiger charge is -2.49. The van der Waals surface area contributed by atoms with Gasteiger partial charge in [-0.1, -0.05) is 12.2 Å². The number of ether oxygens (including phenoxy) is 4. The molecule has 0 spiro atoms. The fraction of sp³-hybridized carbons (Fsp3) is 0.650. The van der Waals surface area contributed by atoms with Gasteiger partial charge in [0.2, 0.25) is 0 Å². The second-order valence-electron chi connectivity index (χ2n) is 8.38. The third-order valence-electron chi connectivity index (χ3n) is 5.90. The molecule has 0 bridgehead atoms. The van der Waals surface area contributed by atoms with Gasteiger partial charge in [0.15, 0.2) is 6.29 Å². The molecule has 3 heterocycles. The topological polar surface area (TPSA) is 155 Å². The lowest BCUT2D eigenvalue weighted by Crippen LogP contribution is -2.63. The Labute approximate surface area is 172 Å². The van der Waals surface area contributed by atoms with Gasteiger partial charge in [-0.05, 0) is 19.9 Å². The average molecular weight is 426 g/mol. The number of aliphatic hydroxyl groups excluding tert-OH is 5. The summed E-state index contributed by atoms with van der Waals surface area (Å²) in [7, 11) is 0. The minimum absolute atomic E-state index is 0.270. The molecule has 4 rings (SSSR count). The van der Waals surface area contributed by atoms with Crippen LogP contribution in [-0.4, -0.2) is 92.7 Å². The summed E-state index contributed by atoms with van der Waals surface area (Å²) in [6.07, 6.45) is -4.01. The summed E-state index contributed by atoms with van der Waals surface area (Å²) in [5, 5.41) is 50.8. The maximum absolute atomic E-state index is 11.8. The SMILES string of the molecule is CC1(C)OC2=C([C@H](O)[C@H]1O[C@@H]1O[C@H](CO)[C@@H](O)[C@H](O)[C@H]1O)[C@@H]1OC(=O)C=C[C@@H]1C=C2. The molecule has 0 aromatic rings. The molecule has 0 unspecified atom stereocenters. The second kappa shape index (κ2) is 7.72. The summed E-state index contributed by atoms with van der Waals surface area (Å²) in [4.78, 5) is 11.8. The summed E-state index contributed by atoms with van der Waals surface area (Å²) in [5.74, 6) is -0.443. The molecule has 30 heavy (non-hydrogen) atoms. The number of hydrogen-bond donors (Lipinski definition) is 5. The smallest absolute Gasteiger partial charge is 0.331 e. The zero-order valence-corrected chi connectivity index (χ0v) is 16.5. The number of carbonyl (C=O) groups excluding carboxylic acids is 1. The Morgan fingerprint density at radius 2 is 1.77 bits per heavy atom. The van der Waals surface area contributed by atoms with E-state index in [1.165, 1.54) is 6.08 Å². The highest BCUT2D eigenvalue weighted by molar-refractivity contribution is 5.83.